The summed E-state index contributed by atoms with van der Waals surface area (Å²) in [5.41, 5.74) is 8.04. The van der Waals surface area contributed by atoms with Crippen LogP contribution < -0.4 is 11.1 Å². The minimum absolute atomic E-state index is 0.0866. The van der Waals surface area contributed by atoms with E-state index in [1.807, 2.05) is 24.3 Å². The predicted octanol–water partition coefficient (Wildman–Crippen LogP) is 1.83. The third-order valence-electron chi connectivity index (χ3n) is 2.39. The second kappa shape index (κ2) is 5.16. The Kier molecular flexibility index (Phi) is 3.40. The molecule has 1 aromatic heterocycles. The van der Waals surface area contributed by atoms with Crippen molar-refractivity contribution in [2.75, 3.05) is 11.1 Å². The molecule has 0 fully saturated rings. The average Bonchev–Trinajstić information content (AvgIpc) is 2.81. The molecule has 5 heteroatoms. The first-order valence-corrected chi connectivity index (χ1v) is 5.28. The number of para-hydroxylation sites is 1. The number of nitrogens with zero attached hydrogens (tertiary/aromatic N) is 1. The maximum absolute atomic E-state index is 11.6. The summed E-state index contributed by atoms with van der Waals surface area (Å²) in [6, 6.07) is 7.52. The first-order chi connectivity index (χ1) is 8.25. The summed E-state index contributed by atoms with van der Waals surface area (Å²) in [4.78, 5) is 11.6. The van der Waals surface area contributed by atoms with Crippen molar-refractivity contribution in [2.24, 2.45) is 0 Å². The standard InChI is InChI=1S/C12H13N3O2/c13-11-4-2-1-3-9(11)5-6-12(16)15-10-7-14-17-8-10/h1-4,7-8H,5-6,13H2,(H,15,16). The van der Waals surface area contributed by atoms with Gasteiger partial charge in [-0.1, -0.05) is 23.4 Å². The number of carbonyl (C=O) groups excluding carboxylic acids is 1. The van der Waals surface area contributed by atoms with Crippen molar-refractivity contribution in [3.05, 3.63) is 42.3 Å². The van der Waals surface area contributed by atoms with Crippen LogP contribution >= 0.6 is 0 Å². The number of anilines is 2. The molecule has 0 unspecified atom stereocenters. The topological polar surface area (TPSA) is 81.2 Å². The van der Waals surface area contributed by atoms with E-state index in [2.05, 4.69) is 15.0 Å². The molecule has 0 aliphatic carbocycles. The fourth-order valence-electron chi connectivity index (χ4n) is 1.50. The van der Waals surface area contributed by atoms with Crippen molar-refractivity contribution >= 4 is 17.3 Å². The van der Waals surface area contributed by atoms with Gasteiger partial charge < -0.3 is 15.6 Å². The van der Waals surface area contributed by atoms with Gasteiger partial charge in [-0.05, 0) is 18.1 Å². The molecule has 0 spiro atoms. The molecule has 0 bridgehead atoms. The lowest BCUT2D eigenvalue weighted by Crippen LogP contribution is -2.12. The molecule has 1 aromatic carbocycles. The SMILES string of the molecule is Nc1ccccc1CCC(=O)Nc1cnoc1. The van der Waals surface area contributed by atoms with Crippen LogP contribution in [0.4, 0.5) is 11.4 Å². The number of aromatic nitrogens is 1. The van der Waals surface area contributed by atoms with Crippen molar-refractivity contribution in [3.63, 3.8) is 0 Å². The maximum atomic E-state index is 11.6. The minimum atomic E-state index is -0.0866. The van der Waals surface area contributed by atoms with Crippen LogP contribution in [0.5, 0.6) is 0 Å². The Morgan fingerprint density at radius 2 is 2.24 bits per heavy atom. The number of hydrogen-bond acceptors (Lipinski definition) is 4. The van der Waals surface area contributed by atoms with E-state index in [4.69, 9.17) is 5.73 Å². The van der Waals surface area contributed by atoms with E-state index in [-0.39, 0.29) is 5.91 Å². The first kappa shape index (κ1) is 11.2. The molecule has 17 heavy (non-hydrogen) atoms. The van der Waals surface area contributed by atoms with Crippen molar-refractivity contribution in [3.8, 4) is 0 Å². The molecule has 0 saturated carbocycles. The molecule has 0 aliphatic rings. The Hall–Kier alpha value is -2.30. The fraction of sp³-hybridized carbons (Fsp3) is 0.167. The highest BCUT2D eigenvalue weighted by molar-refractivity contribution is 5.90. The molecule has 3 N–H and O–H groups in total. The van der Waals surface area contributed by atoms with Crippen LogP contribution in [0.1, 0.15) is 12.0 Å². The lowest BCUT2D eigenvalue weighted by Gasteiger charge is -2.05. The van der Waals surface area contributed by atoms with Gasteiger partial charge in [0, 0.05) is 12.1 Å². The Morgan fingerprint density at radius 3 is 2.94 bits per heavy atom. The van der Waals surface area contributed by atoms with Gasteiger partial charge in [0.25, 0.3) is 0 Å². The highest BCUT2D eigenvalue weighted by Gasteiger charge is 2.05. The lowest BCUT2D eigenvalue weighted by molar-refractivity contribution is -0.116. The molecule has 2 aromatic rings. The van der Waals surface area contributed by atoms with Gasteiger partial charge >= 0.3 is 0 Å². The second-order valence-corrected chi connectivity index (χ2v) is 3.66. The summed E-state index contributed by atoms with van der Waals surface area (Å²) < 4.78 is 4.61. The summed E-state index contributed by atoms with van der Waals surface area (Å²) in [5, 5.41) is 6.17. The number of nitrogens with two attached hydrogens (primary N) is 1. The van der Waals surface area contributed by atoms with E-state index >= 15 is 0 Å². The fourth-order valence-corrected chi connectivity index (χ4v) is 1.50. The van der Waals surface area contributed by atoms with E-state index < -0.39 is 0 Å². The number of aryl methyl sites for hydroxylation is 1. The van der Waals surface area contributed by atoms with E-state index in [1.54, 1.807) is 0 Å². The Labute approximate surface area is 98.6 Å². The number of carbonyl (C=O) groups is 1. The quantitative estimate of drug-likeness (QED) is 0.786. The number of nitrogen functional groups attached to an aromatic ring is 1. The van der Waals surface area contributed by atoms with Gasteiger partial charge in [0.15, 0.2) is 0 Å². The molecular formula is C12H13N3O2. The second-order valence-electron chi connectivity index (χ2n) is 3.66. The van der Waals surface area contributed by atoms with Crippen LogP contribution in [-0.4, -0.2) is 11.1 Å². The maximum Gasteiger partial charge on any atom is 0.224 e. The van der Waals surface area contributed by atoms with Crippen molar-refractivity contribution in [1.29, 1.82) is 0 Å². The molecule has 0 radical (unpaired) electrons. The number of amides is 1. The van der Waals surface area contributed by atoms with Crippen LogP contribution in [0.3, 0.4) is 0 Å². The van der Waals surface area contributed by atoms with Crippen molar-refractivity contribution in [2.45, 2.75) is 12.8 Å². The van der Waals surface area contributed by atoms with Crippen LogP contribution in [0.2, 0.25) is 0 Å². The van der Waals surface area contributed by atoms with Gasteiger partial charge in [0.1, 0.15) is 12.0 Å². The zero-order valence-corrected chi connectivity index (χ0v) is 9.22. The van der Waals surface area contributed by atoms with Gasteiger partial charge in [-0.3, -0.25) is 4.79 Å². The smallest absolute Gasteiger partial charge is 0.224 e. The Morgan fingerprint density at radius 1 is 1.41 bits per heavy atom. The number of rotatable bonds is 4. The third-order valence-corrected chi connectivity index (χ3v) is 2.39. The van der Waals surface area contributed by atoms with E-state index in [1.165, 1.54) is 12.5 Å². The molecule has 2 rings (SSSR count). The Bertz CT molecular complexity index is 494. The molecule has 5 nitrogen and oxygen atoms in total. The van der Waals surface area contributed by atoms with E-state index in [0.29, 0.717) is 24.2 Å². The lowest BCUT2D eigenvalue weighted by atomic mass is 10.1. The summed E-state index contributed by atoms with van der Waals surface area (Å²) in [7, 11) is 0. The average molecular weight is 231 g/mol. The Balaban J connectivity index is 1.86. The van der Waals surface area contributed by atoms with Crippen molar-refractivity contribution < 1.29 is 9.32 Å². The zero-order chi connectivity index (χ0) is 12.1. The third kappa shape index (κ3) is 3.07. The van der Waals surface area contributed by atoms with E-state index in [9.17, 15) is 4.79 Å². The summed E-state index contributed by atoms with van der Waals surface area (Å²) in [6.07, 6.45) is 3.83. The first-order valence-electron chi connectivity index (χ1n) is 5.28. The van der Waals surface area contributed by atoms with Crippen LogP contribution in [0.25, 0.3) is 0 Å². The summed E-state index contributed by atoms with van der Waals surface area (Å²) in [5.74, 6) is -0.0866. The number of nitrogens with one attached hydrogen (secondary N) is 1. The highest BCUT2D eigenvalue weighted by atomic mass is 16.5. The molecular weight excluding hydrogens is 218 g/mol. The van der Waals surface area contributed by atoms with Gasteiger partial charge in [0.05, 0.1) is 6.20 Å². The minimum Gasteiger partial charge on any atom is -0.399 e. The highest BCUT2D eigenvalue weighted by Crippen LogP contribution is 2.13. The number of benzene rings is 1. The largest absolute Gasteiger partial charge is 0.399 e. The number of hydrogen-bond donors (Lipinski definition) is 2. The summed E-state index contributed by atoms with van der Waals surface area (Å²) >= 11 is 0. The monoisotopic (exact) mass is 231 g/mol. The van der Waals surface area contributed by atoms with Crippen LogP contribution in [-0.2, 0) is 11.2 Å². The van der Waals surface area contributed by atoms with Crippen molar-refractivity contribution in [1.82, 2.24) is 5.16 Å². The molecule has 88 valence electrons. The molecule has 1 amide bonds. The zero-order valence-electron chi connectivity index (χ0n) is 9.22. The van der Waals surface area contributed by atoms with E-state index in [0.717, 1.165) is 5.56 Å². The van der Waals surface area contributed by atoms with Gasteiger partial charge in [0.2, 0.25) is 5.91 Å². The predicted molar refractivity (Wildman–Crippen MR) is 64.3 cm³/mol. The molecule has 0 aliphatic heterocycles. The molecule has 1 heterocycles. The van der Waals surface area contributed by atoms with Crippen LogP contribution in [0, 0.1) is 0 Å². The van der Waals surface area contributed by atoms with Gasteiger partial charge in [-0.15, -0.1) is 0 Å². The summed E-state index contributed by atoms with van der Waals surface area (Å²) in [6.45, 7) is 0. The molecule has 0 saturated heterocycles. The van der Waals surface area contributed by atoms with Crippen LogP contribution in [0.15, 0.2) is 41.2 Å². The molecule has 0 atom stereocenters. The van der Waals surface area contributed by atoms with Gasteiger partial charge in [-0.25, -0.2) is 0 Å². The normalized spacial score (nSPS) is 10.1. The van der Waals surface area contributed by atoms with Gasteiger partial charge in [-0.2, -0.15) is 0 Å².